The van der Waals surface area contributed by atoms with Gasteiger partial charge in [0.15, 0.2) is 0 Å². The second-order valence-corrected chi connectivity index (χ2v) is 10.0. The number of carbonyl (C=O) groups is 1. The van der Waals surface area contributed by atoms with Gasteiger partial charge in [-0.2, -0.15) is 8.42 Å². The molecular formula is C24H23ClFNO4S. The van der Waals surface area contributed by atoms with Gasteiger partial charge in [0.05, 0.1) is 15.8 Å². The fourth-order valence-corrected chi connectivity index (χ4v) is 3.70. The molecule has 8 heteroatoms. The van der Waals surface area contributed by atoms with Crippen LogP contribution in [-0.4, -0.2) is 24.5 Å². The van der Waals surface area contributed by atoms with E-state index in [0.29, 0.717) is 10.6 Å². The predicted molar refractivity (Wildman–Crippen MR) is 123 cm³/mol. The van der Waals surface area contributed by atoms with Gasteiger partial charge in [-0.1, -0.05) is 48.0 Å². The number of hydrogen-bond donors (Lipinski definition) is 0. The highest BCUT2D eigenvalue weighted by Gasteiger charge is 2.20. The summed E-state index contributed by atoms with van der Waals surface area (Å²) in [5, 5.41) is -0.328. The molecule has 0 aromatic heterocycles. The summed E-state index contributed by atoms with van der Waals surface area (Å²) < 4.78 is 42.3. The van der Waals surface area contributed by atoms with Gasteiger partial charge in [0.2, 0.25) is 0 Å². The van der Waals surface area contributed by atoms with E-state index >= 15 is 0 Å². The highest BCUT2D eigenvalue weighted by molar-refractivity contribution is 7.87. The third kappa shape index (κ3) is 6.08. The third-order valence-electron chi connectivity index (χ3n) is 4.76. The fraction of sp³-hybridized carbons (Fsp3) is 0.208. The second kappa shape index (κ2) is 10.1. The molecule has 0 aliphatic heterocycles. The number of nitrogens with zero attached hydrogens (tertiary/aromatic N) is 1. The molecule has 0 atom stereocenters. The normalized spacial score (nSPS) is 11.4. The van der Waals surface area contributed by atoms with Crippen molar-refractivity contribution in [3.05, 3.63) is 100 Å². The minimum Gasteiger partial charge on any atom is -0.382 e. The van der Waals surface area contributed by atoms with Crippen molar-refractivity contribution in [2.24, 2.45) is 0 Å². The van der Waals surface area contributed by atoms with Crippen LogP contribution in [0.1, 0.15) is 35.3 Å². The summed E-state index contributed by atoms with van der Waals surface area (Å²) in [6.45, 7) is 3.55. The van der Waals surface area contributed by atoms with Crippen LogP contribution in [0.4, 0.5) is 4.39 Å². The number of benzene rings is 3. The highest BCUT2D eigenvalue weighted by atomic mass is 35.5. The lowest BCUT2D eigenvalue weighted by Crippen LogP contribution is -2.30. The molecule has 0 fully saturated rings. The topological polar surface area (TPSA) is 63.7 Å². The van der Waals surface area contributed by atoms with Crippen LogP contribution in [0.5, 0.6) is 5.75 Å². The first kappa shape index (κ1) is 23.8. The lowest BCUT2D eigenvalue weighted by molar-refractivity contribution is 0.0730. The van der Waals surface area contributed by atoms with Gasteiger partial charge in [-0.25, -0.2) is 4.39 Å². The Labute approximate surface area is 192 Å². The molecule has 0 N–H and O–H groups in total. The Bertz CT molecular complexity index is 1180. The molecule has 168 valence electrons. The first-order valence-electron chi connectivity index (χ1n) is 9.96. The number of halogens is 2. The number of rotatable bonds is 8. The SMILES string of the molecule is CC(C)S(=O)(=O)Oc1ccc(CN(Cc2ccc(F)cc2)C(=O)c2ccccc2Cl)cc1. The van der Waals surface area contributed by atoms with Crippen LogP contribution in [0.25, 0.3) is 0 Å². The van der Waals surface area contributed by atoms with Crippen molar-refractivity contribution >= 4 is 27.6 Å². The molecule has 0 aliphatic carbocycles. The molecule has 0 unspecified atom stereocenters. The van der Waals surface area contributed by atoms with Gasteiger partial charge in [-0.05, 0) is 61.4 Å². The smallest absolute Gasteiger partial charge is 0.311 e. The molecule has 0 radical (unpaired) electrons. The predicted octanol–water partition coefficient (Wildman–Crippen LogP) is 5.44. The molecule has 5 nitrogen and oxygen atoms in total. The average Bonchev–Trinajstić information content (AvgIpc) is 2.75. The van der Waals surface area contributed by atoms with Gasteiger partial charge in [0.1, 0.15) is 11.6 Å². The van der Waals surface area contributed by atoms with Crippen molar-refractivity contribution in [3.8, 4) is 5.75 Å². The molecule has 0 saturated carbocycles. The van der Waals surface area contributed by atoms with Crippen LogP contribution in [-0.2, 0) is 23.2 Å². The summed E-state index contributed by atoms with van der Waals surface area (Å²) >= 11 is 6.23. The van der Waals surface area contributed by atoms with Crippen molar-refractivity contribution in [1.29, 1.82) is 0 Å². The largest absolute Gasteiger partial charge is 0.382 e. The van der Waals surface area contributed by atoms with Crippen LogP contribution in [0, 0.1) is 5.82 Å². The zero-order chi connectivity index (χ0) is 23.3. The van der Waals surface area contributed by atoms with E-state index in [-0.39, 0.29) is 30.6 Å². The first-order valence-corrected chi connectivity index (χ1v) is 11.8. The van der Waals surface area contributed by atoms with Crippen LogP contribution >= 0.6 is 11.6 Å². The van der Waals surface area contributed by atoms with Crippen LogP contribution in [0.3, 0.4) is 0 Å². The molecule has 32 heavy (non-hydrogen) atoms. The van der Waals surface area contributed by atoms with Crippen LogP contribution < -0.4 is 4.18 Å². The Kier molecular flexibility index (Phi) is 7.53. The number of carbonyl (C=O) groups excluding carboxylic acids is 1. The molecule has 0 spiro atoms. The third-order valence-corrected chi connectivity index (χ3v) is 6.67. The number of hydrogen-bond acceptors (Lipinski definition) is 4. The summed E-state index contributed by atoms with van der Waals surface area (Å²) in [7, 11) is -3.70. The first-order chi connectivity index (χ1) is 15.2. The molecule has 3 aromatic rings. The van der Waals surface area contributed by atoms with Crippen molar-refractivity contribution in [3.63, 3.8) is 0 Å². The Hall–Kier alpha value is -2.90. The van der Waals surface area contributed by atoms with Gasteiger partial charge < -0.3 is 9.08 Å². The molecule has 0 aliphatic rings. The Balaban J connectivity index is 1.84. The van der Waals surface area contributed by atoms with E-state index in [0.717, 1.165) is 11.1 Å². The molecule has 1 amide bonds. The molecule has 0 saturated heterocycles. The zero-order valence-corrected chi connectivity index (χ0v) is 19.2. The molecule has 0 bridgehead atoms. The summed E-state index contributed by atoms with van der Waals surface area (Å²) in [6, 6.07) is 19.2. The van der Waals surface area contributed by atoms with E-state index in [1.54, 1.807) is 65.6 Å². The zero-order valence-electron chi connectivity index (χ0n) is 17.7. The Morgan fingerprint density at radius 3 is 2.00 bits per heavy atom. The molecular weight excluding hydrogens is 453 g/mol. The molecule has 0 heterocycles. The monoisotopic (exact) mass is 475 g/mol. The lowest BCUT2D eigenvalue weighted by Gasteiger charge is -2.24. The number of amides is 1. The van der Waals surface area contributed by atoms with Crippen LogP contribution in [0.2, 0.25) is 5.02 Å². The fourth-order valence-electron chi connectivity index (χ4n) is 2.92. The van der Waals surface area contributed by atoms with Crippen molar-refractivity contribution in [2.75, 3.05) is 0 Å². The Morgan fingerprint density at radius 2 is 1.47 bits per heavy atom. The van der Waals surface area contributed by atoms with Crippen molar-refractivity contribution in [1.82, 2.24) is 4.90 Å². The molecule has 3 aromatic carbocycles. The van der Waals surface area contributed by atoms with Gasteiger partial charge in [-0.15, -0.1) is 0 Å². The minimum atomic E-state index is -3.70. The van der Waals surface area contributed by atoms with Gasteiger partial charge in [-0.3, -0.25) is 4.79 Å². The summed E-state index contributed by atoms with van der Waals surface area (Å²) in [4.78, 5) is 14.8. The lowest BCUT2D eigenvalue weighted by atomic mass is 10.1. The summed E-state index contributed by atoms with van der Waals surface area (Å²) in [5.74, 6) is -0.433. The van der Waals surface area contributed by atoms with E-state index in [1.165, 1.54) is 26.0 Å². The standard InChI is InChI=1S/C24H23ClFNO4S/c1-17(2)32(29,30)31-21-13-9-19(10-14-21)16-27(15-18-7-11-20(26)12-8-18)24(28)22-5-3-4-6-23(22)25/h3-14,17H,15-16H2,1-2H3. The maximum atomic E-state index is 13.3. The van der Waals surface area contributed by atoms with E-state index in [9.17, 15) is 17.6 Å². The van der Waals surface area contributed by atoms with Crippen molar-refractivity contribution in [2.45, 2.75) is 32.2 Å². The molecule has 3 rings (SSSR count). The average molecular weight is 476 g/mol. The van der Waals surface area contributed by atoms with E-state index in [2.05, 4.69) is 0 Å². The second-order valence-electron chi connectivity index (χ2n) is 7.54. The van der Waals surface area contributed by atoms with Crippen LogP contribution in [0.15, 0.2) is 72.8 Å². The summed E-state index contributed by atoms with van der Waals surface area (Å²) in [5.41, 5.74) is 1.89. The van der Waals surface area contributed by atoms with Gasteiger partial charge >= 0.3 is 10.1 Å². The Morgan fingerprint density at radius 1 is 0.938 bits per heavy atom. The van der Waals surface area contributed by atoms with Gasteiger partial charge in [0, 0.05) is 13.1 Å². The van der Waals surface area contributed by atoms with Gasteiger partial charge in [0.25, 0.3) is 5.91 Å². The quantitative estimate of drug-likeness (QED) is 0.407. The maximum absolute atomic E-state index is 13.3. The van der Waals surface area contributed by atoms with E-state index in [1.807, 2.05) is 0 Å². The minimum absolute atomic E-state index is 0.199. The summed E-state index contributed by atoms with van der Waals surface area (Å²) in [6.07, 6.45) is 0. The maximum Gasteiger partial charge on any atom is 0.311 e. The van der Waals surface area contributed by atoms with Crippen molar-refractivity contribution < 1.29 is 21.8 Å². The highest BCUT2D eigenvalue weighted by Crippen LogP contribution is 2.22. The van der Waals surface area contributed by atoms with E-state index < -0.39 is 15.4 Å². The van der Waals surface area contributed by atoms with E-state index in [4.69, 9.17) is 15.8 Å².